The maximum absolute atomic E-state index is 11.8. The van der Waals surface area contributed by atoms with Crippen molar-refractivity contribution in [3.05, 3.63) is 34.5 Å². The molecule has 1 amide bonds. The quantitative estimate of drug-likeness (QED) is 0.803. The van der Waals surface area contributed by atoms with Gasteiger partial charge in [0.25, 0.3) is 0 Å². The molecule has 0 aromatic carbocycles. The Balaban J connectivity index is 2.91. The molecule has 0 spiro atoms. The summed E-state index contributed by atoms with van der Waals surface area (Å²) in [5.41, 5.74) is 0.809. The molecule has 0 bridgehead atoms. The molecule has 0 aromatic heterocycles. The summed E-state index contributed by atoms with van der Waals surface area (Å²) in [6.07, 6.45) is 6.06. The van der Waals surface area contributed by atoms with Gasteiger partial charge >= 0.3 is 0 Å². The number of hydrogen-bond acceptors (Lipinski definition) is 2. The molecule has 1 N–H and O–H groups in total. The van der Waals surface area contributed by atoms with E-state index in [1.807, 2.05) is 13.0 Å². The van der Waals surface area contributed by atoms with E-state index in [1.54, 1.807) is 13.1 Å². The van der Waals surface area contributed by atoms with Crippen molar-refractivity contribution >= 4 is 29.1 Å². The molecule has 5 heteroatoms. The third-order valence-corrected chi connectivity index (χ3v) is 4.28. The lowest BCUT2D eigenvalue weighted by atomic mass is 10.00. The zero-order valence-electron chi connectivity index (χ0n) is 12.1. The number of nitrogens with one attached hydrogen (secondary N) is 1. The number of allylic oxidation sites excluding steroid dienone is 4. The zero-order valence-corrected chi connectivity index (χ0v) is 13.6. The Morgan fingerprint density at radius 3 is 2.60 bits per heavy atom. The number of likely N-dealkylation sites (tertiary alicyclic amines) is 1. The molecule has 1 atom stereocenters. The van der Waals surface area contributed by atoms with Gasteiger partial charge in [0.1, 0.15) is 0 Å². The average Bonchev–Trinajstić information content (AvgIpc) is 2.72. The van der Waals surface area contributed by atoms with Gasteiger partial charge in [-0.15, -0.1) is 0 Å². The van der Waals surface area contributed by atoms with Crippen molar-refractivity contribution in [1.29, 1.82) is 0 Å². The number of hydrogen-bond donors (Lipinski definition) is 1. The highest BCUT2D eigenvalue weighted by Gasteiger charge is 2.24. The van der Waals surface area contributed by atoms with Crippen LogP contribution in [0.15, 0.2) is 34.5 Å². The van der Waals surface area contributed by atoms with Gasteiger partial charge in [0, 0.05) is 26.1 Å². The number of nitrogens with zero attached hydrogens (tertiary/aromatic N) is 1. The van der Waals surface area contributed by atoms with Gasteiger partial charge in [-0.2, -0.15) is 0 Å². The average molecular weight is 317 g/mol. The van der Waals surface area contributed by atoms with Crippen LogP contribution in [0.4, 0.5) is 0 Å². The predicted molar refractivity (Wildman–Crippen MR) is 85.7 cm³/mol. The minimum atomic E-state index is 0.0677. The third-order valence-electron chi connectivity index (χ3n) is 3.55. The lowest BCUT2D eigenvalue weighted by molar-refractivity contribution is -0.124. The molecule has 1 fully saturated rings. The lowest BCUT2D eigenvalue weighted by Crippen LogP contribution is -2.29. The second-order valence-electron chi connectivity index (χ2n) is 4.77. The van der Waals surface area contributed by atoms with Crippen molar-refractivity contribution in [3.63, 3.8) is 0 Å². The Morgan fingerprint density at radius 2 is 2.05 bits per heavy atom. The fourth-order valence-corrected chi connectivity index (χ4v) is 2.93. The highest BCUT2D eigenvalue weighted by molar-refractivity contribution is 6.36. The van der Waals surface area contributed by atoms with E-state index < -0.39 is 0 Å². The van der Waals surface area contributed by atoms with Gasteiger partial charge in [-0.25, -0.2) is 0 Å². The maximum Gasteiger partial charge on any atom is 0.222 e. The molecule has 0 radical (unpaired) electrons. The smallest absolute Gasteiger partial charge is 0.222 e. The monoisotopic (exact) mass is 316 g/mol. The first-order valence-corrected chi connectivity index (χ1v) is 7.61. The predicted octanol–water partition coefficient (Wildman–Crippen LogP) is 3.61. The van der Waals surface area contributed by atoms with Crippen molar-refractivity contribution in [3.8, 4) is 0 Å². The van der Waals surface area contributed by atoms with Crippen molar-refractivity contribution < 1.29 is 4.79 Å². The summed E-state index contributed by atoms with van der Waals surface area (Å²) < 4.78 is 0. The highest BCUT2D eigenvalue weighted by atomic mass is 35.5. The van der Waals surface area contributed by atoms with E-state index in [0.29, 0.717) is 10.1 Å². The fourth-order valence-electron chi connectivity index (χ4n) is 2.44. The molecule has 112 valence electrons. The van der Waals surface area contributed by atoms with Gasteiger partial charge in [-0.05, 0) is 32.3 Å². The molecule has 3 nitrogen and oxygen atoms in total. The van der Waals surface area contributed by atoms with Crippen LogP contribution < -0.4 is 5.32 Å². The first-order valence-electron chi connectivity index (χ1n) is 6.86. The molecule has 0 aromatic rings. The summed E-state index contributed by atoms with van der Waals surface area (Å²) in [4.78, 5) is 13.9. The normalized spacial score (nSPS) is 21.9. The van der Waals surface area contributed by atoms with Crippen LogP contribution in [0.3, 0.4) is 0 Å². The maximum atomic E-state index is 11.8. The molecule has 0 saturated carbocycles. The largest absolute Gasteiger partial charge is 0.369 e. The van der Waals surface area contributed by atoms with Crippen LogP contribution in [0.2, 0.25) is 0 Å². The Labute approximate surface area is 131 Å². The lowest BCUT2D eigenvalue weighted by Gasteiger charge is -2.26. The minimum Gasteiger partial charge on any atom is -0.369 e. The van der Waals surface area contributed by atoms with E-state index in [2.05, 4.69) is 16.8 Å². The minimum absolute atomic E-state index is 0.0677. The SMILES string of the molecule is C=C/C(Cl)=C(\C(Cl)=C/C)N1CCCC(C(=O)NC)CC1. The van der Waals surface area contributed by atoms with Crippen LogP contribution in [0, 0.1) is 5.92 Å². The van der Waals surface area contributed by atoms with Crippen LogP contribution >= 0.6 is 23.2 Å². The number of amides is 1. The number of halogens is 2. The molecule has 1 rings (SSSR count). The van der Waals surface area contributed by atoms with Crippen LogP contribution in [0.1, 0.15) is 26.2 Å². The Morgan fingerprint density at radius 1 is 1.35 bits per heavy atom. The fraction of sp³-hybridized carbons (Fsp3) is 0.533. The van der Waals surface area contributed by atoms with E-state index in [1.165, 1.54) is 0 Å². The first kappa shape index (κ1) is 17.1. The summed E-state index contributed by atoms with van der Waals surface area (Å²) in [6.45, 7) is 7.19. The molecule has 1 saturated heterocycles. The summed E-state index contributed by atoms with van der Waals surface area (Å²) in [6, 6.07) is 0. The standard InChI is InChI=1S/C15H22Cl2N2O/c1-4-12(16)14(13(17)5-2)19-9-6-7-11(8-10-19)15(20)18-3/h4-5,11H,1,6-10H2,2-3H3,(H,18,20)/b13-5+,14-12-. The second kappa shape index (κ2) is 8.38. The van der Waals surface area contributed by atoms with Gasteiger partial charge in [0.15, 0.2) is 0 Å². The molecular formula is C15H22Cl2N2O. The van der Waals surface area contributed by atoms with Crippen molar-refractivity contribution in [2.75, 3.05) is 20.1 Å². The Hall–Kier alpha value is -0.930. The molecule has 1 aliphatic rings. The van der Waals surface area contributed by atoms with Crippen molar-refractivity contribution in [1.82, 2.24) is 10.2 Å². The molecule has 1 unspecified atom stereocenters. The van der Waals surface area contributed by atoms with E-state index >= 15 is 0 Å². The van der Waals surface area contributed by atoms with Gasteiger partial charge in [-0.3, -0.25) is 4.79 Å². The van der Waals surface area contributed by atoms with Gasteiger partial charge < -0.3 is 10.2 Å². The number of carbonyl (C=O) groups excluding carboxylic acids is 1. The first-order chi connectivity index (χ1) is 9.54. The molecule has 1 aliphatic heterocycles. The molecule has 0 aliphatic carbocycles. The summed E-state index contributed by atoms with van der Waals surface area (Å²) in [7, 11) is 1.68. The van der Waals surface area contributed by atoms with E-state index in [9.17, 15) is 4.79 Å². The van der Waals surface area contributed by atoms with E-state index in [4.69, 9.17) is 23.2 Å². The zero-order chi connectivity index (χ0) is 15.1. The molecule has 1 heterocycles. The Kier molecular flexibility index (Phi) is 7.17. The third kappa shape index (κ3) is 4.29. The van der Waals surface area contributed by atoms with Crippen molar-refractivity contribution in [2.24, 2.45) is 5.92 Å². The van der Waals surface area contributed by atoms with Gasteiger partial charge in [0.2, 0.25) is 5.91 Å². The number of carbonyl (C=O) groups is 1. The van der Waals surface area contributed by atoms with Crippen LogP contribution in [-0.4, -0.2) is 30.9 Å². The van der Waals surface area contributed by atoms with E-state index in [-0.39, 0.29) is 11.8 Å². The van der Waals surface area contributed by atoms with Gasteiger partial charge in [-0.1, -0.05) is 35.9 Å². The Bertz CT molecular complexity index is 430. The summed E-state index contributed by atoms with van der Waals surface area (Å²) in [5, 5.41) is 3.89. The van der Waals surface area contributed by atoms with Crippen molar-refractivity contribution in [2.45, 2.75) is 26.2 Å². The highest BCUT2D eigenvalue weighted by Crippen LogP contribution is 2.29. The van der Waals surface area contributed by atoms with E-state index in [0.717, 1.165) is 38.0 Å². The molecule has 20 heavy (non-hydrogen) atoms. The van der Waals surface area contributed by atoms with Crippen LogP contribution in [0.5, 0.6) is 0 Å². The second-order valence-corrected chi connectivity index (χ2v) is 5.58. The van der Waals surface area contributed by atoms with Crippen LogP contribution in [-0.2, 0) is 4.79 Å². The summed E-state index contributed by atoms with van der Waals surface area (Å²) in [5.74, 6) is 0.183. The molecular weight excluding hydrogens is 295 g/mol. The summed E-state index contributed by atoms with van der Waals surface area (Å²) >= 11 is 12.5. The van der Waals surface area contributed by atoms with Gasteiger partial charge in [0.05, 0.1) is 15.8 Å². The topological polar surface area (TPSA) is 32.3 Å². The van der Waals surface area contributed by atoms with Crippen LogP contribution in [0.25, 0.3) is 0 Å². The number of rotatable bonds is 4.